The van der Waals surface area contributed by atoms with Crippen molar-refractivity contribution < 1.29 is 29.7 Å². The molecule has 7 nitrogen and oxygen atoms in total. The van der Waals surface area contributed by atoms with E-state index in [-0.39, 0.29) is 26.5 Å². The molecule has 5 heterocycles. The summed E-state index contributed by atoms with van der Waals surface area (Å²) in [4.78, 5) is 10.1. The number of nitrogens with zero attached hydrogens (tertiary/aromatic N) is 7. The second kappa shape index (κ2) is 11.2. The minimum atomic E-state index is -2.39. The van der Waals surface area contributed by atoms with Crippen LogP contribution in [0.3, 0.4) is 0 Å². The Morgan fingerprint density at radius 1 is 0.725 bits per heavy atom. The summed E-state index contributed by atoms with van der Waals surface area (Å²) in [5.74, 6) is 1.54. The van der Waals surface area contributed by atoms with Crippen LogP contribution in [0.25, 0.3) is 77.9 Å². The zero-order chi connectivity index (χ0) is 36.4. The number of imidazole rings is 3. The van der Waals surface area contributed by atoms with Crippen molar-refractivity contribution in [3.05, 3.63) is 139 Å². The van der Waals surface area contributed by atoms with Crippen molar-refractivity contribution in [2.45, 2.75) is 33.1 Å². The van der Waals surface area contributed by atoms with Gasteiger partial charge in [-0.05, 0) is 64.2 Å². The molecular formula is C43H33N7Pt-2. The summed E-state index contributed by atoms with van der Waals surface area (Å²) in [6, 6.07) is 42.0. The Morgan fingerprint density at radius 3 is 2.33 bits per heavy atom. The smallest absolute Gasteiger partial charge is 0.242 e. The van der Waals surface area contributed by atoms with Crippen LogP contribution in [-0.4, -0.2) is 28.1 Å². The third-order valence-corrected chi connectivity index (χ3v) is 9.86. The first-order chi connectivity index (χ1) is 25.5. The standard InChI is InChI=1S/C43H33N7.Pt/c1-27-12-10-19-36-41(27)45-42-49(36)38-24-32-31-15-6-7-16-33(31)48(37(32)25-39(38)50(42)40-22-28(20-21-44-40)43(2,3)4)30-14-11-13-29(23-30)47-26-46(5)34-17-8-9-18-35(34)47;/h6-22,24H,1-5H3;/q-2;/i5D3;. The van der Waals surface area contributed by atoms with Crippen LogP contribution in [0, 0.1) is 25.4 Å². The zero-order valence-electron chi connectivity index (χ0n) is 31.3. The van der Waals surface area contributed by atoms with Crippen molar-refractivity contribution in [2.75, 3.05) is 0 Å². The molecule has 252 valence electrons. The van der Waals surface area contributed by atoms with Crippen molar-refractivity contribution >= 4 is 60.7 Å². The summed E-state index contributed by atoms with van der Waals surface area (Å²) in [7, 11) is 0. The van der Waals surface area contributed by atoms with Crippen molar-refractivity contribution in [3.8, 4) is 17.2 Å². The van der Waals surface area contributed by atoms with Crippen LogP contribution >= 0.6 is 0 Å². The molecule has 0 unspecified atom stereocenters. The summed E-state index contributed by atoms with van der Waals surface area (Å²) < 4.78 is 34.0. The average Bonchev–Trinajstić information content (AvgIpc) is 3.88. The van der Waals surface area contributed by atoms with Gasteiger partial charge in [-0.15, -0.1) is 23.6 Å². The molecule has 0 fully saturated rings. The van der Waals surface area contributed by atoms with Gasteiger partial charge < -0.3 is 18.1 Å². The Labute approximate surface area is 313 Å². The topological polar surface area (TPSA) is 48.9 Å². The normalized spacial score (nSPS) is 13.4. The van der Waals surface area contributed by atoms with Crippen molar-refractivity contribution in [3.63, 3.8) is 0 Å². The molecule has 0 saturated carbocycles. The molecule has 0 N–H and O–H groups in total. The van der Waals surface area contributed by atoms with Crippen molar-refractivity contribution in [1.29, 1.82) is 0 Å². The summed E-state index contributed by atoms with van der Waals surface area (Å²) in [5, 5.41) is 2.11. The summed E-state index contributed by atoms with van der Waals surface area (Å²) in [6.45, 7) is 6.32. The van der Waals surface area contributed by atoms with Crippen LogP contribution < -0.4 is 4.57 Å². The van der Waals surface area contributed by atoms with Gasteiger partial charge >= 0.3 is 0 Å². The Morgan fingerprint density at radius 2 is 1.49 bits per heavy atom. The summed E-state index contributed by atoms with van der Waals surface area (Å²) >= 11 is 0. The molecule has 5 aromatic heterocycles. The Balaban J connectivity index is 0.00000384. The predicted molar refractivity (Wildman–Crippen MR) is 200 cm³/mol. The van der Waals surface area contributed by atoms with E-state index in [0.29, 0.717) is 11.2 Å². The van der Waals surface area contributed by atoms with Gasteiger partial charge in [0.05, 0.1) is 33.2 Å². The number of aromatic nitrogens is 7. The maximum atomic E-state index is 8.16. The van der Waals surface area contributed by atoms with E-state index in [2.05, 4.69) is 114 Å². The molecule has 0 spiro atoms. The van der Waals surface area contributed by atoms with E-state index in [9.17, 15) is 0 Å². The van der Waals surface area contributed by atoms with Crippen LogP contribution in [0.4, 0.5) is 0 Å². The van der Waals surface area contributed by atoms with E-state index >= 15 is 0 Å². The fourth-order valence-corrected chi connectivity index (χ4v) is 7.38. The molecular weight excluding hydrogens is 810 g/mol. The number of pyridine rings is 1. The molecule has 0 amide bonds. The van der Waals surface area contributed by atoms with Gasteiger partial charge in [-0.2, -0.15) is 18.2 Å². The van der Waals surface area contributed by atoms with Gasteiger partial charge in [0, 0.05) is 32.8 Å². The van der Waals surface area contributed by atoms with Gasteiger partial charge in [-0.1, -0.05) is 92.3 Å². The van der Waals surface area contributed by atoms with E-state index in [0.717, 1.165) is 72.2 Å². The average molecular weight is 846 g/mol. The molecule has 0 aliphatic rings. The minimum Gasteiger partial charge on any atom is -0.359 e. The van der Waals surface area contributed by atoms with Crippen molar-refractivity contribution in [1.82, 2.24) is 28.1 Å². The number of fused-ring (bicyclic) bond motifs is 9. The minimum absolute atomic E-state index is 0. The molecule has 5 aromatic carbocycles. The molecule has 10 rings (SSSR count). The van der Waals surface area contributed by atoms with Crippen LogP contribution in [0.15, 0.2) is 109 Å². The predicted octanol–water partition coefficient (Wildman–Crippen LogP) is 8.70. The van der Waals surface area contributed by atoms with Gasteiger partial charge in [0.1, 0.15) is 5.82 Å². The van der Waals surface area contributed by atoms with Crippen molar-refractivity contribution in [2.24, 2.45) is 6.98 Å². The first-order valence-electron chi connectivity index (χ1n) is 18.2. The Bertz CT molecular complexity index is 3120. The molecule has 0 atom stereocenters. The molecule has 0 radical (unpaired) electrons. The molecule has 0 aliphatic heterocycles. The zero-order valence-corrected chi connectivity index (χ0v) is 30.6. The summed E-state index contributed by atoms with van der Waals surface area (Å²) in [6.07, 6.45) is 4.97. The molecule has 10 aromatic rings. The number of hydrogen-bond donors (Lipinski definition) is 0. The first-order valence-corrected chi connectivity index (χ1v) is 16.7. The van der Waals surface area contributed by atoms with E-state index in [1.165, 1.54) is 10.1 Å². The largest absolute Gasteiger partial charge is 0.359 e. The second-order valence-electron chi connectivity index (χ2n) is 14.0. The molecule has 0 aliphatic carbocycles. The van der Waals surface area contributed by atoms with E-state index in [1.807, 2.05) is 48.7 Å². The summed E-state index contributed by atoms with van der Waals surface area (Å²) in [5.41, 5.74) is 10.6. The van der Waals surface area contributed by atoms with Crippen LogP contribution in [0.2, 0.25) is 0 Å². The van der Waals surface area contributed by atoms with Crippen LogP contribution in [0.1, 0.15) is 36.0 Å². The number of para-hydroxylation sites is 4. The van der Waals surface area contributed by atoms with E-state index < -0.39 is 6.98 Å². The maximum Gasteiger partial charge on any atom is 0.242 e. The SMILES string of the molecule is [2H]C([2H])([2H])[n+]1[c-]n(-c2[c-]c(-n3c4[c-]c5c(cc4c4ccccc43)n3c4cccc(C)c4nc3n5-c3cc(C(C)(C)C)ccn3)ccc2)c2ccccc21.[Pt]. The Kier molecular flexibility index (Phi) is 6.22. The fourth-order valence-electron chi connectivity index (χ4n) is 7.38. The quantitative estimate of drug-likeness (QED) is 0.132. The van der Waals surface area contributed by atoms with E-state index in [1.54, 1.807) is 10.6 Å². The first kappa shape index (κ1) is 28.2. The number of rotatable bonds is 3. The number of benzene rings is 5. The van der Waals surface area contributed by atoms with Crippen LogP contribution in [-0.2, 0) is 33.5 Å². The molecule has 8 heteroatoms. The third kappa shape index (κ3) is 4.57. The molecule has 0 bridgehead atoms. The molecule has 51 heavy (non-hydrogen) atoms. The van der Waals surface area contributed by atoms with Gasteiger partial charge in [0.2, 0.25) is 12.1 Å². The third-order valence-electron chi connectivity index (χ3n) is 9.86. The number of hydrogen-bond acceptors (Lipinski definition) is 2. The van der Waals surface area contributed by atoms with E-state index in [4.69, 9.17) is 14.1 Å². The van der Waals surface area contributed by atoms with Gasteiger partial charge in [-0.25, -0.2) is 9.97 Å². The molecule has 0 saturated heterocycles. The van der Waals surface area contributed by atoms with Gasteiger partial charge in [-0.3, -0.25) is 4.57 Å². The van der Waals surface area contributed by atoms with Crippen LogP contribution in [0.5, 0.6) is 0 Å². The van der Waals surface area contributed by atoms with Gasteiger partial charge in [0.15, 0.2) is 0 Å². The maximum absolute atomic E-state index is 8.16. The second-order valence-corrected chi connectivity index (χ2v) is 14.0. The number of aryl methyl sites for hydroxylation is 2. The van der Waals surface area contributed by atoms with Gasteiger partial charge in [0.25, 0.3) is 0 Å². The monoisotopic (exact) mass is 845 g/mol. The Hall–Kier alpha value is -5.52. The fraction of sp³-hybridized carbons (Fsp3) is 0.140.